The third kappa shape index (κ3) is 2.94. The summed E-state index contributed by atoms with van der Waals surface area (Å²) in [6.07, 6.45) is 3.10. The summed E-state index contributed by atoms with van der Waals surface area (Å²) in [5, 5.41) is 10.5. The van der Waals surface area contributed by atoms with Crippen molar-refractivity contribution in [1.82, 2.24) is 4.57 Å². The van der Waals surface area contributed by atoms with Crippen molar-refractivity contribution in [2.24, 2.45) is 18.7 Å². The van der Waals surface area contributed by atoms with Crippen molar-refractivity contribution in [2.75, 3.05) is 12.8 Å². The molecule has 0 amide bonds. The van der Waals surface area contributed by atoms with Gasteiger partial charge in [0, 0.05) is 23.0 Å². The number of aliphatic carboxylic acids is 1. The first-order chi connectivity index (χ1) is 10.0. The second kappa shape index (κ2) is 6.54. The van der Waals surface area contributed by atoms with E-state index >= 15 is 0 Å². The van der Waals surface area contributed by atoms with Gasteiger partial charge in [0.1, 0.15) is 0 Å². The number of hydrogen-bond donors (Lipinski definition) is 2. The normalized spacial score (nSPS) is 12.8. The lowest BCUT2D eigenvalue weighted by Gasteiger charge is -2.11. The largest absolute Gasteiger partial charge is 0.481 e. The minimum atomic E-state index is -0.766. The Kier molecular flexibility index (Phi) is 4.96. The Hall–Kier alpha value is -1.46. The van der Waals surface area contributed by atoms with Crippen LogP contribution < -0.4 is 5.73 Å². The molecule has 1 aromatic carbocycles. The highest BCUT2D eigenvalue weighted by Crippen LogP contribution is 2.33. The number of thioether (sulfide) groups is 1. The highest BCUT2D eigenvalue weighted by molar-refractivity contribution is 7.98. The zero-order valence-electron chi connectivity index (χ0n) is 12.7. The molecule has 2 rings (SSSR count). The van der Waals surface area contributed by atoms with Gasteiger partial charge in [0.15, 0.2) is 0 Å². The predicted octanol–water partition coefficient (Wildman–Crippen LogP) is 2.80. The Labute approximate surface area is 129 Å². The molecule has 0 aliphatic heterocycles. The zero-order chi connectivity index (χ0) is 15.6. The van der Waals surface area contributed by atoms with Crippen LogP contribution in [0.15, 0.2) is 23.1 Å². The lowest BCUT2D eigenvalue weighted by molar-refractivity contribution is -0.141. The van der Waals surface area contributed by atoms with Crippen molar-refractivity contribution >= 4 is 28.6 Å². The number of carboxylic acids is 1. The van der Waals surface area contributed by atoms with Crippen molar-refractivity contribution in [1.29, 1.82) is 0 Å². The Balaban J connectivity index is 2.54. The molecular weight excluding hydrogens is 284 g/mol. The van der Waals surface area contributed by atoms with Gasteiger partial charge in [0.05, 0.1) is 11.4 Å². The maximum absolute atomic E-state index is 11.4. The van der Waals surface area contributed by atoms with Crippen LogP contribution in [0.2, 0.25) is 0 Å². The van der Waals surface area contributed by atoms with Crippen molar-refractivity contribution in [3.05, 3.63) is 29.5 Å². The van der Waals surface area contributed by atoms with Crippen molar-refractivity contribution in [2.45, 2.75) is 24.7 Å². The number of nitrogens with zero attached hydrogens (tertiary/aromatic N) is 1. The molecule has 1 atom stereocenters. The molecule has 0 saturated carbocycles. The third-order valence-corrected chi connectivity index (χ3v) is 4.90. The fourth-order valence-electron chi connectivity index (χ4n) is 2.86. The molecule has 1 heterocycles. The molecule has 5 heteroatoms. The Morgan fingerprint density at radius 2 is 2.19 bits per heavy atom. The molecule has 114 valence electrons. The number of aromatic nitrogens is 1. The SMILES string of the molecule is CSc1cccc2c(CC(CCN)C(=O)O)c(C)n(C)c12. The van der Waals surface area contributed by atoms with Crippen molar-refractivity contribution < 1.29 is 9.90 Å². The molecule has 0 radical (unpaired) electrons. The highest BCUT2D eigenvalue weighted by Gasteiger charge is 2.22. The molecule has 0 aliphatic carbocycles. The summed E-state index contributed by atoms with van der Waals surface area (Å²) < 4.78 is 2.16. The van der Waals surface area contributed by atoms with E-state index in [1.54, 1.807) is 11.8 Å². The van der Waals surface area contributed by atoms with Crippen LogP contribution in [0.25, 0.3) is 10.9 Å². The van der Waals surface area contributed by atoms with Gasteiger partial charge in [-0.15, -0.1) is 11.8 Å². The van der Waals surface area contributed by atoms with E-state index in [1.165, 1.54) is 10.4 Å². The number of nitrogens with two attached hydrogens (primary N) is 1. The van der Waals surface area contributed by atoms with E-state index in [2.05, 4.69) is 29.9 Å². The Morgan fingerprint density at radius 1 is 1.48 bits per heavy atom. The molecule has 4 nitrogen and oxygen atoms in total. The molecule has 0 aliphatic rings. The summed E-state index contributed by atoms with van der Waals surface area (Å²) in [5.74, 6) is -1.19. The van der Waals surface area contributed by atoms with E-state index in [-0.39, 0.29) is 0 Å². The van der Waals surface area contributed by atoms with Crippen LogP contribution in [0, 0.1) is 12.8 Å². The summed E-state index contributed by atoms with van der Waals surface area (Å²) in [5.41, 5.74) is 9.00. The van der Waals surface area contributed by atoms with Gasteiger partial charge in [-0.2, -0.15) is 0 Å². The van der Waals surface area contributed by atoms with Crippen LogP contribution in [-0.4, -0.2) is 28.4 Å². The van der Waals surface area contributed by atoms with E-state index in [0.717, 1.165) is 16.6 Å². The molecule has 0 spiro atoms. The van der Waals surface area contributed by atoms with Crippen LogP contribution in [0.1, 0.15) is 17.7 Å². The standard InChI is InChI=1S/C16H22N2O2S/c1-10-13(9-11(7-8-17)16(19)20)12-5-4-6-14(21-3)15(12)18(10)2/h4-6,11H,7-9,17H2,1-3H3,(H,19,20). The first-order valence-corrected chi connectivity index (χ1v) is 8.27. The number of aryl methyl sites for hydroxylation is 1. The fourth-order valence-corrected chi connectivity index (χ4v) is 3.51. The molecule has 2 aromatic rings. The van der Waals surface area contributed by atoms with Gasteiger partial charge in [-0.3, -0.25) is 4.79 Å². The van der Waals surface area contributed by atoms with Crippen LogP contribution >= 0.6 is 11.8 Å². The average Bonchev–Trinajstić information content (AvgIpc) is 2.71. The molecule has 21 heavy (non-hydrogen) atoms. The van der Waals surface area contributed by atoms with Gasteiger partial charge in [-0.05, 0) is 44.2 Å². The van der Waals surface area contributed by atoms with Gasteiger partial charge < -0.3 is 15.4 Å². The molecule has 3 N–H and O–H groups in total. The van der Waals surface area contributed by atoms with Crippen LogP contribution in [0.5, 0.6) is 0 Å². The summed E-state index contributed by atoms with van der Waals surface area (Å²) in [6, 6.07) is 6.22. The molecule has 1 aromatic heterocycles. The summed E-state index contributed by atoms with van der Waals surface area (Å²) >= 11 is 1.71. The van der Waals surface area contributed by atoms with Gasteiger partial charge in [-0.1, -0.05) is 12.1 Å². The number of benzene rings is 1. The van der Waals surface area contributed by atoms with Crippen LogP contribution in [-0.2, 0) is 18.3 Å². The Morgan fingerprint density at radius 3 is 2.76 bits per heavy atom. The fraction of sp³-hybridized carbons (Fsp3) is 0.438. The minimum Gasteiger partial charge on any atom is -0.481 e. The monoisotopic (exact) mass is 306 g/mol. The van der Waals surface area contributed by atoms with E-state index in [4.69, 9.17) is 5.73 Å². The molecule has 1 unspecified atom stereocenters. The molecule has 0 saturated heterocycles. The number of carboxylic acid groups (broad SMARTS) is 1. The summed E-state index contributed by atoms with van der Waals surface area (Å²) in [6.45, 7) is 2.46. The second-order valence-electron chi connectivity index (χ2n) is 5.30. The maximum atomic E-state index is 11.4. The Bertz CT molecular complexity index is 664. The van der Waals surface area contributed by atoms with E-state index < -0.39 is 11.9 Å². The third-order valence-electron chi connectivity index (χ3n) is 4.13. The quantitative estimate of drug-likeness (QED) is 0.805. The smallest absolute Gasteiger partial charge is 0.306 e. The zero-order valence-corrected chi connectivity index (χ0v) is 13.5. The van der Waals surface area contributed by atoms with Gasteiger partial charge in [-0.25, -0.2) is 0 Å². The maximum Gasteiger partial charge on any atom is 0.306 e. The lowest BCUT2D eigenvalue weighted by atomic mass is 9.94. The van der Waals surface area contributed by atoms with Crippen molar-refractivity contribution in [3.8, 4) is 0 Å². The predicted molar refractivity (Wildman–Crippen MR) is 87.9 cm³/mol. The first-order valence-electron chi connectivity index (χ1n) is 7.05. The number of para-hydroxylation sites is 1. The second-order valence-corrected chi connectivity index (χ2v) is 6.14. The highest BCUT2D eigenvalue weighted by atomic mass is 32.2. The number of carbonyl (C=O) groups is 1. The summed E-state index contributed by atoms with van der Waals surface area (Å²) in [7, 11) is 2.04. The van der Waals surface area contributed by atoms with Gasteiger partial charge in [0.2, 0.25) is 0 Å². The lowest BCUT2D eigenvalue weighted by Crippen LogP contribution is -2.20. The van der Waals surface area contributed by atoms with E-state index in [0.29, 0.717) is 19.4 Å². The topological polar surface area (TPSA) is 68.2 Å². The number of rotatable bonds is 6. The summed E-state index contributed by atoms with van der Waals surface area (Å²) in [4.78, 5) is 12.6. The van der Waals surface area contributed by atoms with Gasteiger partial charge >= 0.3 is 5.97 Å². The number of hydrogen-bond acceptors (Lipinski definition) is 3. The van der Waals surface area contributed by atoms with E-state index in [9.17, 15) is 9.90 Å². The molecule has 0 fully saturated rings. The molecule has 0 bridgehead atoms. The average molecular weight is 306 g/mol. The van der Waals surface area contributed by atoms with E-state index in [1.807, 2.05) is 13.1 Å². The minimum absolute atomic E-state index is 0.400. The van der Waals surface area contributed by atoms with Crippen LogP contribution in [0.3, 0.4) is 0 Å². The molecular formula is C16H22N2O2S. The number of fused-ring (bicyclic) bond motifs is 1. The van der Waals surface area contributed by atoms with Crippen LogP contribution in [0.4, 0.5) is 0 Å². The van der Waals surface area contributed by atoms with Gasteiger partial charge in [0.25, 0.3) is 0 Å². The van der Waals surface area contributed by atoms with Crippen molar-refractivity contribution in [3.63, 3.8) is 0 Å². The first kappa shape index (κ1) is 15.9.